The van der Waals surface area contributed by atoms with Crippen LogP contribution in [0, 0.1) is 12.8 Å². The number of alkyl carbamates (subject to hydrolysis) is 1. The number of nitrogens with one attached hydrogen (secondary N) is 2. The zero-order chi connectivity index (χ0) is 17.7. The second-order valence-corrected chi connectivity index (χ2v) is 8.02. The molecule has 2 unspecified atom stereocenters. The molecule has 1 aromatic rings. The number of hydrogen-bond donors (Lipinski definition) is 2. The summed E-state index contributed by atoms with van der Waals surface area (Å²) in [5.41, 5.74) is 1.68. The van der Waals surface area contributed by atoms with Gasteiger partial charge in [0, 0.05) is 12.6 Å². The fourth-order valence-electron chi connectivity index (χ4n) is 3.17. The number of carbonyl (C=O) groups excluding carboxylic acids is 1. The van der Waals surface area contributed by atoms with E-state index in [0.29, 0.717) is 18.5 Å². The number of carbonyl (C=O) groups is 1. The molecule has 134 valence electrons. The summed E-state index contributed by atoms with van der Waals surface area (Å²) in [6.07, 6.45) is 4.23. The van der Waals surface area contributed by atoms with Crippen LogP contribution in [0.5, 0.6) is 0 Å². The van der Waals surface area contributed by atoms with Gasteiger partial charge in [0.05, 0.1) is 10.7 Å². The molecule has 4 nitrogen and oxygen atoms in total. The number of anilines is 1. The molecule has 0 saturated heterocycles. The third kappa shape index (κ3) is 5.59. The fraction of sp³-hybridized carbons (Fsp3) is 0.632. The number of halogens is 1. The predicted molar refractivity (Wildman–Crippen MR) is 99.8 cm³/mol. The van der Waals surface area contributed by atoms with Crippen LogP contribution in [0.3, 0.4) is 0 Å². The number of rotatable bonds is 4. The summed E-state index contributed by atoms with van der Waals surface area (Å²) in [6.45, 7) is 8.30. The van der Waals surface area contributed by atoms with Crippen LogP contribution in [-0.2, 0) is 4.74 Å². The van der Waals surface area contributed by atoms with Gasteiger partial charge in [0.15, 0.2) is 0 Å². The first-order chi connectivity index (χ1) is 11.3. The summed E-state index contributed by atoms with van der Waals surface area (Å²) in [6, 6.07) is 6.25. The van der Waals surface area contributed by atoms with Gasteiger partial charge in [0.25, 0.3) is 0 Å². The molecule has 0 aromatic heterocycles. The Labute approximate surface area is 150 Å². The molecule has 0 spiro atoms. The van der Waals surface area contributed by atoms with Crippen LogP contribution in [0.25, 0.3) is 0 Å². The molecule has 1 aliphatic rings. The van der Waals surface area contributed by atoms with Crippen molar-refractivity contribution in [2.75, 3.05) is 11.9 Å². The maximum Gasteiger partial charge on any atom is 0.407 e. The minimum absolute atomic E-state index is 0.312. The molecule has 0 radical (unpaired) electrons. The molecule has 1 saturated carbocycles. The maximum atomic E-state index is 11.9. The lowest BCUT2D eigenvalue weighted by Gasteiger charge is -2.34. The van der Waals surface area contributed by atoms with Crippen LogP contribution in [0.15, 0.2) is 18.2 Å². The van der Waals surface area contributed by atoms with Gasteiger partial charge < -0.3 is 15.4 Å². The molecular weight excluding hydrogens is 324 g/mol. The fourth-order valence-corrected chi connectivity index (χ4v) is 3.45. The minimum Gasteiger partial charge on any atom is -0.444 e. The Bertz CT molecular complexity index is 549. The lowest BCUT2D eigenvalue weighted by molar-refractivity contribution is 0.0514. The van der Waals surface area contributed by atoms with E-state index in [9.17, 15) is 4.79 Å². The van der Waals surface area contributed by atoms with E-state index in [1.54, 1.807) is 0 Å². The zero-order valence-corrected chi connectivity index (χ0v) is 15.9. The number of ether oxygens (including phenoxy) is 1. The average molecular weight is 353 g/mol. The third-order valence-corrected chi connectivity index (χ3v) is 4.68. The Hall–Kier alpha value is -1.42. The maximum absolute atomic E-state index is 11.9. The standard InChI is InChI=1S/C19H29ClN2O2/c1-13-8-7-10-15(20)17(13)22-16-11-6-5-9-14(16)12-21-18(23)24-19(2,3)4/h7-8,10,14,16,22H,5-6,9,11-12H2,1-4H3,(H,21,23). The van der Waals surface area contributed by atoms with Gasteiger partial charge in [-0.2, -0.15) is 0 Å². The smallest absolute Gasteiger partial charge is 0.407 e. The van der Waals surface area contributed by atoms with Crippen LogP contribution < -0.4 is 10.6 Å². The average Bonchev–Trinajstić information content (AvgIpc) is 2.48. The molecule has 1 amide bonds. The van der Waals surface area contributed by atoms with Crippen molar-refractivity contribution in [1.82, 2.24) is 5.32 Å². The summed E-state index contributed by atoms with van der Waals surface area (Å²) in [5, 5.41) is 7.28. The molecule has 1 aliphatic carbocycles. The molecule has 0 heterocycles. The molecule has 24 heavy (non-hydrogen) atoms. The Morgan fingerprint density at radius 1 is 1.29 bits per heavy atom. The van der Waals surface area contributed by atoms with Gasteiger partial charge in [0.2, 0.25) is 0 Å². The van der Waals surface area contributed by atoms with Gasteiger partial charge in [-0.3, -0.25) is 0 Å². The Balaban J connectivity index is 1.97. The molecule has 0 bridgehead atoms. The van der Waals surface area contributed by atoms with Crippen molar-refractivity contribution in [3.05, 3.63) is 28.8 Å². The molecular formula is C19H29ClN2O2. The van der Waals surface area contributed by atoms with Gasteiger partial charge in [0.1, 0.15) is 5.60 Å². The van der Waals surface area contributed by atoms with Gasteiger partial charge in [-0.1, -0.05) is 36.6 Å². The second-order valence-electron chi connectivity index (χ2n) is 7.61. The zero-order valence-electron chi connectivity index (χ0n) is 15.1. The normalized spacial score (nSPS) is 21.2. The molecule has 1 fully saturated rings. The topological polar surface area (TPSA) is 50.4 Å². The summed E-state index contributed by atoms with van der Waals surface area (Å²) < 4.78 is 5.33. The highest BCUT2D eigenvalue weighted by Gasteiger charge is 2.27. The minimum atomic E-state index is -0.469. The van der Waals surface area contributed by atoms with E-state index < -0.39 is 5.60 Å². The van der Waals surface area contributed by atoms with Crippen molar-refractivity contribution in [2.45, 2.75) is 65.0 Å². The summed E-state index contributed by atoms with van der Waals surface area (Å²) in [4.78, 5) is 11.9. The van der Waals surface area contributed by atoms with Crippen LogP contribution in [0.4, 0.5) is 10.5 Å². The highest BCUT2D eigenvalue weighted by Crippen LogP contribution is 2.31. The summed E-state index contributed by atoms with van der Waals surface area (Å²) in [7, 11) is 0. The first kappa shape index (κ1) is 18.9. The number of para-hydroxylation sites is 1. The molecule has 2 N–H and O–H groups in total. The van der Waals surface area contributed by atoms with Crippen molar-refractivity contribution in [1.29, 1.82) is 0 Å². The predicted octanol–water partition coefficient (Wildman–Crippen LogP) is 5.14. The molecule has 5 heteroatoms. The Morgan fingerprint density at radius 2 is 2.00 bits per heavy atom. The summed E-state index contributed by atoms with van der Waals surface area (Å²) >= 11 is 6.34. The van der Waals surface area contributed by atoms with Crippen molar-refractivity contribution >= 4 is 23.4 Å². The lowest BCUT2D eigenvalue weighted by Crippen LogP contribution is -2.42. The van der Waals surface area contributed by atoms with E-state index in [1.165, 1.54) is 12.8 Å². The van der Waals surface area contributed by atoms with Crippen LogP contribution in [0.1, 0.15) is 52.0 Å². The molecule has 2 rings (SSSR count). The largest absolute Gasteiger partial charge is 0.444 e. The Morgan fingerprint density at radius 3 is 2.67 bits per heavy atom. The quantitative estimate of drug-likeness (QED) is 0.788. The number of benzene rings is 1. The molecule has 0 aliphatic heterocycles. The highest BCUT2D eigenvalue weighted by molar-refractivity contribution is 6.33. The second kappa shape index (κ2) is 8.11. The van der Waals surface area contributed by atoms with E-state index in [4.69, 9.17) is 16.3 Å². The van der Waals surface area contributed by atoms with Crippen LogP contribution in [-0.4, -0.2) is 24.3 Å². The summed E-state index contributed by atoms with van der Waals surface area (Å²) in [5.74, 6) is 0.377. The van der Waals surface area contributed by atoms with Crippen molar-refractivity contribution in [2.24, 2.45) is 5.92 Å². The highest BCUT2D eigenvalue weighted by atomic mass is 35.5. The molecule has 2 atom stereocenters. The van der Waals surface area contributed by atoms with Crippen molar-refractivity contribution in [3.63, 3.8) is 0 Å². The van der Waals surface area contributed by atoms with E-state index >= 15 is 0 Å². The van der Waals surface area contributed by atoms with Gasteiger partial charge in [-0.05, 0) is 58.1 Å². The number of amides is 1. The Kier molecular flexibility index (Phi) is 6.39. The van der Waals surface area contributed by atoms with Gasteiger partial charge in [-0.25, -0.2) is 4.79 Å². The first-order valence-electron chi connectivity index (χ1n) is 8.75. The van der Waals surface area contributed by atoms with Crippen LogP contribution >= 0.6 is 11.6 Å². The van der Waals surface area contributed by atoms with Crippen molar-refractivity contribution < 1.29 is 9.53 Å². The lowest BCUT2D eigenvalue weighted by atomic mass is 9.84. The van der Waals surface area contributed by atoms with Gasteiger partial charge >= 0.3 is 6.09 Å². The number of aryl methyl sites for hydroxylation is 1. The SMILES string of the molecule is Cc1cccc(Cl)c1NC1CCCCC1CNC(=O)OC(C)(C)C. The van der Waals surface area contributed by atoms with E-state index in [-0.39, 0.29) is 6.09 Å². The monoisotopic (exact) mass is 352 g/mol. The van der Waals surface area contributed by atoms with E-state index in [0.717, 1.165) is 29.1 Å². The van der Waals surface area contributed by atoms with E-state index in [1.807, 2.05) is 32.9 Å². The van der Waals surface area contributed by atoms with E-state index in [2.05, 4.69) is 23.6 Å². The third-order valence-electron chi connectivity index (χ3n) is 4.37. The number of hydrogen-bond acceptors (Lipinski definition) is 3. The van der Waals surface area contributed by atoms with Crippen molar-refractivity contribution in [3.8, 4) is 0 Å². The molecule has 1 aromatic carbocycles. The van der Waals surface area contributed by atoms with Crippen LogP contribution in [0.2, 0.25) is 5.02 Å². The van der Waals surface area contributed by atoms with Gasteiger partial charge in [-0.15, -0.1) is 0 Å². The first-order valence-corrected chi connectivity index (χ1v) is 9.12.